The predicted octanol–water partition coefficient (Wildman–Crippen LogP) is 2.22. The topological polar surface area (TPSA) is 51.2 Å². The average Bonchev–Trinajstić information content (AvgIpc) is 2.38. The molecule has 4 heteroatoms. The fraction of sp³-hybridized carbons (Fsp3) is 0.143. The van der Waals surface area contributed by atoms with Crippen LogP contribution in [0.1, 0.15) is 6.92 Å². The molecule has 0 atom stereocenters. The van der Waals surface area contributed by atoms with Gasteiger partial charge in [0.25, 0.3) is 0 Å². The van der Waals surface area contributed by atoms with E-state index in [-0.39, 0.29) is 6.54 Å². The number of nitrogens with zero attached hydrogens (tertiary/aromatic N) is 1. The second-order valence-corrected chi connectivity index (χ2v) is 3.47. The molecule has 0 saturated heterocycles. The first kappa shape index (κ1) is 13.7. The Balaban J connectivity index is 2.75. The summed E-state index contributed by atoms with van der Waals surface area (Å²) >= 11 is 0. The van der Waals surface area contributed by atoms with E-state index in [0.29, 0.717) is 11.5 Å². The van der Waals surface area contributed by atoms with Crippen LogP contribution in [0.5, 0.6) is 5.75 Å². The molecule has 0 aliphatic carbocycles. The Morgan fingerprint density at radius 2 is 2.44 bits per heavy atom. The van der Waals surface area contributed by atoms with E-state index in [0.717, 1.165) is 12.0 Å². The smallest absolute Gasteiger partial charge is 0.145 e. The van der Waals surface area contributed by atoms with Gasteiger partial charge in [-0.15, -0.1) is 0 Å². The van der Waals surface area contributed by atoms with Crippen molar-refractivity contribution in [2.45, 2.75) is 6.92 Å². The van der Waals surface area contributed by atoms with Crippen molar-refractivity contribution in [3.63, 3.8) is 0 Å². The van der Waals surface area contributed by atoms with Gasteiger partial charge in [0.15, 0.2) is 0 Å². The number of pyridine rings is 1. The number of nitrogens with one attached hydrogen (secondary N) is 1. The van der Waals surface area contributed by atoms with Crippen LogP contribution >= 0.6 is 0 Å². The van der Waals surface area contributed by atoms with E-state index in [1.54, 1.807) is 36.7 Å². The highest BCUT2D eigenvalue weighted by Crippen LogP contribution is 2.13. The van der Waals surface area contributed by atoms with Crippen LogP contribution in [0.25, 0.3) is 0 Å². The third-order valence-corrected chi connectivity index (χ3v) is 1.98. The third-order valence-electron chi connectivity index (χ3n) is 1.98. The summed E-state index contributed by atoms with van der Waals surface area (Å²) in [6, 6.07) is 3.61. The fourth-order valence-electron chi connectivity index (χ4n) is 1.24. The zero-order chi connectivity index (χ0) is 13.2. The van der Waals surface area contributed by atoms with Gasteiger partial charge < -0.3 is 14.8 Å². The monoisotopic (exact) mass is 244 g/mol. The van der Waals surface area contributed by atoms with Crippen molar-refractivity contribution in [1.82, 2.24) is 10.3 Å². The second kappa shape index (κ2) is 7.84. The van der Waals surface area contributed by atoms with Crippen molar-refractivity contribution in [2.75, 3.05) is 6.54 Å². The summed E-state index contributed by atoms with van der Waals surface area (Å²) in [5.41, 5.74) is 0.832. The Hall–Kier alpha value is -2.36. The molecule has 0 aliphatic heterocycles. The fourth-order valence-corrected chi connectivity index (χ4v) is 1.24. The van der Waals surface area contributed by atoms with Crippen LogP contribution in [0, 0.1) is 0 Å². The number of aldehydes is 1. The maximum absolute atomic E-state index is 10.3. The van der Waals surface area contributed by atoms with Gasteiger partial charge >= 0.3 is 0 Å². The number of hydrogen-bond donors (Lipinski definition) is 1. The van der Waals surface area contributed by atoms with E-state index in [1.807, 2.05) is 13.0 Å². The lowest BCUT2D eigenvalue weighted by atomic mass is 10.3. The van der Waals surface area contributed by atoms with Gasteiger partial charge in [-0.3, -0.25) is 4.98 Å². The summed E-state index contributed by atoms with van der Waals surface area (Å²) in [6.45, 7) is 5.76. The standard InChI is InChI=1S/C14H16N2O2/c1-3-5-13(10-12(2)16-8-9-17)18-14-6-4-7-15-11-14/h3-7,9-11,16H,1,8H2,2H3/b12-10+,13-5+. The number of carbonyl (C=O) groups is 1. The highest BCUT2D eigenvalue weighted by atomic mass is 16.5. The molecule has 0 unspecified atom stereocenters. The van der Waals surface area contributed by atoms with E-state index >= 15 is 0 Å². The van der Waals surface area contributed by atoms with Gasteiger partial charge in [0.05, 0.1) is 12.7 Å². The maximum atomic E-state index is 10.3. The van der Waals surface area contributed by atoms with Crippen LogP contribution in [-0.2, 0) is 4.79 Å². The van der Waals surface area contributed by atoms with Gasteiger partial charge in [-0.05, 0) is 31.2 Å². The lowest BCUT2D eigenvalue weighted by molar-refractivity contribution is -0.107. The minimum atomic E-state index is 0.274. The van der Waals surface area contributed by atoms with E-state index in [9.17, 15) is 4.79 Å². The zero-order valence-electron chi connectivity index (χ0n) is 10.3. The summed E-state index contributed by atoms with van der Waals surface area (Å²) in [4.78, 5) is 14.2. The molecular weight excluding hydrogens is 228 g/mol. The van der Waals surface area contributed by atoms with Crippen LogP contribution in [0.2, 0.25) is 0 Å². The van der Waals surface area contributed by atoms with Crippen molar-refractivity contribution in [2.24, 2.45) is 0 Å². The number of carbonyl (C=O) groups excluding carboxylic acids is 1. The highest BCUT2D eigenvalue weighted by molar-refractivity contribution is 5.52. The van der Waals surface area contributed by atoms with E-state index in [2.05, 4.69) is 16.9 Å². The Bertz CT molecular complexity index is 450. The lowest BCUT2D eigenvalue weighted by Gasteiger charge is -2.07. The molecule has 0 bridgehead atoms. The van der Waals surface area contributed by atoms with E-state index < -0.39 is 0 Å². The van der Waals surface area contributed by atoms with Crippen LogP contribution in [0.15, 0.2) is 60.8 Å². The Labute approximate surface area is 107 Å². The molecule has 0 fully saturated rings. The summed E-state index contributed by atoms with van der Waals surface area (Å²) < 4.78 is 5.63. The van der Waals surface area contributed by atoms with Gasteiger partial charge in [-0.1, -0.05) is 12.7 Å². The molecule has 1 rings (SSSR count). The first-order chi connectivity index (χ1) is 8.76. The molecule has 0 aromatic carbocycles. The Kier molecular flexibility index (Phi) is 5.97. The largest absolute Gasteiger partial charge is 0.456 e. The minimum absolute atomic E-state index is 0.274. The minimum Gasteiger partial charge on any atom is -0.456 e. The van der Waals surface area contributed by atoms with Gasteiger partial charge in [0, 0.05) is 11.9 Å². The average molecular weight is 244 g/mol. The molecule has 0 radical (unpaired) electrons. The number of hydrogen-bond acceptors (Lipinski definition) is 4. The third kappa shape index (κ3) is 5.12. The summed E-state index contributed by atoms with van der Waals surface area (Å²) in [6.07, 6.45) is 9.26. The Morgan fingerprint density at radius 1 is 1.61 bits per heavy atom. The quantitative estimate of drug-likeness (QED) is 0.454. The number of aromatic nitrogens is 1. The Morgan fingerprint density at radius 3 is 3.06 bits per heavy atom. The van der Waals surface area contributed by atoms with Crippen molar-refractivity contribution in [3.8, 4) is 5.75 Å². The van der Waals surface area contributed by atoms with Crippen molar-refractivity contribution in [3.05, 3.63) is 60.8 Å². The van der Waals surface area contributed by atoms with Gasteiger partial charge in [0.2, 0.25) is 0 Å². The van der Waals surface area contributed by atoms with Gasteiger partial charge in [0.1, 0.15) is 17.8 Å². The molecular formula is C14H16N2O2. The molecule has 1 N–H and O–H groups in total. The molecule has 4 nitrogen and oxygen atoms in total. The molecule has 94 valence electrons. The number of rotatable bonds is 7. The molecule has 0 aliphatic rings. The highest BCUT2D eigenvalue weighted by Gasteiger charge is 1.98. The lowest BCUT2D eigenvalue weighted by Crippen LogP contribution is -2.14. The molecule has 1 aromatic heterocycles. The molecule has 0 spiro atoms. The summed E-state index contributed by atoms with van der Waals surface area (Å²) in [5.74, 6) is 1.26. The maximum Gasteiger partial charge on any atom is 0.145 e. The number of ether oxygens (including phenoxy) is 1. The first-order valence-electron chi connectivity index (χ1n) is 5.52. The molecule has 1 aromatic rings. The summed E-state index contributed by atoms with van der Waals surface area (Å²) in [5, 5.41) is 2.93. The van der Waals surface area contributed by atoms with Crippen molar-refractivity contribution in [1.29, 1.82) is 0 Å². The molecule has 18 heavy (non-hydrogen) atoms. The van der Waals surface area contributed by atoms with Crippen LogP contribution < -0.4 is 10.1 Å². The predicted molar refractivity (Wildman–Crippen MR) is 71.0 cm³/mol. The molecule has 0 amide bonds. The van der Waals surface area contributed by atoms with Crippen molar-refractivity contribution >= 4 is 6.29 Å². The zero-order valence-corrected chi connectivity index (χ0v) is 10.3. The summed E-state index contributed by atoms with van der Waals surface area (Å²) in [7, 11) is 0. The van der Waals surface area contributed by atoms with Gasteiger partial charge in [-0.25, -0.2) is 0 Å². The van der Waals surface area contributed by atoms with Crippen LogP contribution in [-0.4, -0.2) is 17.8 Å². The normalized spacial score (nSPS) is 11.8. The first-order valence-corrected chi connectivity index (χ1v) is 5.52. The SMILES string of the molecule is C=C/C=C(\C=C(/C)NCC=O)Oc1cccnc1. The van der Waals surface area contributed by atoms with Crippen LogP contribution in [0.4, 0.5) is 0 Å². The van der Waals surface area contributed by atoms with Crippen molar-refractivity contribution < 1.29 is 9.53 Å². The van der Waals surface area contributed by atoms with E-state index in [4.69, 9.17) is 4.74 Å². The molecule has 0 saturated carbocycles. The molecule has 1 heterocycles. The van der Waals surface area contributed by atoms with Crippen LogP contribution in [0.3, 0.4) is 0 Å². The number of allylic oxidation sites excluding steroid dienone is 4. The van der Waals surface area contributed by atoms with E-state index in [1.165, 1.54) is 0 Å². The second-order valence-electron chi connectivity index (χ2n) is 3.47. The van der Waals surface area contributed by atoms with Gasteiger partial charge in [-0.2, -0.15) is 0 Å².